The molecule has 0 N–H and O–H groups in total. The predicted molar refractivity (Wildman–Crippen MR) is 75.3 cm³/mol. The van der Waals surface area contributed by atoms with E-state index in [1.54, 1.807) is 0 Å². The molecule has 2 aliphatic heterocycles. The lowest BCUT2D eigenvalue weighted by Crippen LogP contribution is -2.49. The van der Waals surface area contributed by atoms with E-state index in [4.69, 9.17) is 9.47 Å². The van der Waals surface area contributed by atoms with Crippen molar-refractivity contribution in [2.24, 2.45) is 0 Å². The monoisotopic (exact) mass is 317 g/mol. The molecule has 0 aromatic heterocycles. The maximum absolute atomic E-state index is 6.41. The summed E-state index contributed by atoms with van der Waals surface area (Å²) in [5.41, 5.74) is 0.279. The van der Waals surface area contributed by atoms with E-state index in [9.17, 15) is 0 Å². The van der Waals surface area contributed by atoms with Gasteiger partial charge >= 0.3 is 0 Å². The summed E-state index contributed by atoms with van der Waals surface area (Å²) in [6, 6.07) is 0.530. The molecule has 0 radical (unpaired) electrons. The number of hydrogen-bond acceptors (Lipinski definition) is 3. The van der Waals surface area contributed by atoms with Gasteiger partial charge in [-0.15, -0.1) is 0 Å². The molecule has 3 aliphatic rings. The molecule has 2 heterocycles. The van der Waals surface area contributed by atoms with Crippen LogP contribution in [0.25, 0.3) is 0 Å². The van der Waals surface area contributed by atoms with Gasteiger partial charge in [0.1, 0.15) is 0 Å². The number of halogens is 1. The highest BCUT2D eigenvalue weighted by molar-refractivity contribution is 9.09. The molecule has 3 nitrogen and oxygen atoms in total. The number of hydrogen-bond donors (Lipinski definition) is 0. The van der Waals surface area contributed by atoms with Crippen LogP contribution in [-0.2, 0) is 9.47 Å². The Morgan fingerprint density at radius 3 is 2.83 bits per heavy atom. The molecule has 1 spiro atoms. The number of morpholine rings is 1. The summed E-state index contributed by atoms with van der Waals surface area (Å²) in [5, 5.41) is 1.00. The highest BCUT2D eigenvalue weighted by Crippen LogP contribution is 2.43. The standard InChI is InChI=1S/C14H24BrNO2/c15-9-12-11-17-8-7-16(12)10-13-3-6-14(18-13)4-1-2-5-14/h12-13H,1-11H2. The van der Waals surface area contributed by atoms with Gasteiger partial charge in [0.05, 0.1) is 24.9 Å². The second-order valence-electron chi connectivity index (χ2n) is 6.05. The average molecular weight is 318 g/mol. The molecule has 4 heteroatoms. The number of ether oxygens (including phenoxy) is 2. The minimum absolute atomic E-state index is 0.279. The number of rotatable bonds is 3. The van der Waals surface area contributed by atoms with Gasteiger partial charge in [-0.2, -0.15) is 0 Å². The molecule has 3 rings (SSSR count). The summed E-state index contributed by atoms with van der Waals surface area (Å²) in [4.78, 5) is 2.55. The fourth-order valence-corrected chi connectivity index (χ4v) is 4.34. The molecule has 2 unspecified atom stereocenters. The van der Waals surface area contributed by atoms with E-state index in [0.29, 0.717) is 12.1 Å². The minimum atomic E-state index is 0.279. The van der Waals surface area contributed by atoms with Gasteiger partial charge in [0.2, 0.25) is 0 Å². The third kappa shape index (κ3) is 2.77. The van der Waals surface area contributed by atoms with Gasteiger partial charge < -0.3 is 9.47 Å². The average Bonchev–Trinajstić information content (AvgIpc) is 3.01. The van der Waals surface area contributed by atoms with E-state index in [0.717, 1.165) is 31.6 Å². The molecule has 104 valence electrons. The van der Waals surface area contributed by atoms with Gasteiger partial charge in [0, 0.05) is 24.5 Å². The summed E-state index contributed by atoms with van der Waals surface area (Å²) < 4.78 is 12.0. The molecular weight excluding hydrogens is 294 g/mol. The van der Waals surface area contributed by atoms with Gasteiger partial charge in [0.25, 0.3) is 0 Å². The molecule has 2 atom stereocenters. The summed E-state index contributed by atoms with van der Waals surface area (Å²) in [7, 11) is 0. The molecule has 2 saturated heterocycles. The van der Waals surface area contributed by atoms with Gasteiger partial charge in [-0.25, -0.2) is 0 Å². The van der Waals surface area contributed by atoms with E-state index in [-0.39, 0.29) is 5.60 Å². The zero-order chi connectivity index (χ0) is 12.4. The van der Waals surface area contributed by atoms with Gasteiger partial charge in [-0.1, -0.05) is 28.8 Å². The Kier molecular flexibility index (Phi) is 4.28. The Labute approximate surface area is 118 Å². The first kappa shape index (κ1) is 13.3. The maximum atomic E-state index is 6.41. The summed E-state index contributed by atoms with van der Waals surface area (Å²) in [5.74, 6) is 0. The van der Waals surface area contributed by atoms with Gasteiger partial charge in [-0.3, -0.25) is 4.90 Å². The molecule has 1 saturated carbocycles. The Morgan fingerprint density at radius 1 is 1.22 bits per heavy atom. The van der Waals surface area contributed by atoms with Crippen molar-refractivity contribution >= 4 is 15.9 Å². The maximum Gasteiger partial charge on any atom is 0.0710 e. The first-order chi connectivity index (χ1) is 8.81. The largest absolute Gasteiger partial charge is 0.378 e. The van der Waals surface area contributed by atoms with E-state index in [1.807, 2.05) is 0 Å². The van der Waals surface area contributed by atoms with Crippen molar-refractivity contribution < 1.29 is 9.47 Å². The SMILES string of the molecule is BrCC1COCCN1CC1CCC2(CCCC2)O1. The van der Waals surface area contributed by atoms with Crippen LogP contribution in [0, 0.1) is 0 Å². The molecule has 3 fully saturated rings. The normalized spacial score (nSPS) is 36.5. The fraction of sp³-hybridized carbons (Fsp3) is 1.00. The fourth-order valence-electron chi connectivity index (χ4n) is 3.74. The third-order valence-corrected chi connectivity index (χ3v) is 5.57. The molecule has 0 amide bonds. The summed E-state index contributed by atoms with van der Waals surface area (Å²) in [6.45, 7) is 3.90. The smallest absolute Gasteiger partial charge is 0.0710 e. The highest BCUT2D eigenvalue weighted by atomic mass is 79.9. The van der Waals surface area contributed by atoms with Crippen LogP contribution < -0.4 is 0 Å². The third-order valence-electron chi connectivity index (χ3n) is 4.82. The lowest BCUT2D eigenvalue weighted by Gasteiger charge is -2.36. The molecule has 0 aromatic carbocycles. The molecule has 18 heavy (non-hydrogen) atoms. The lowest BCUT2D eigenvalue weighted by atomic mass is 9.98. The van der Waals surface area contributed by atoms with E-state index < -0.39 is 0 Å². The van der Waals surface area contributed by atoms with Crippen LogP contribution in [0.5, 0.6) is 0 Å². The lowest BCUT2D eigenvalue weighted by molar-refractivity contribution is -0.0681. The topological polar surface area (TPSA) is 21.7 Å². The predicted octanol–water partition coefficient (Wildman–Crippen LogP) is 2.57. The van der Waals surface area contributed by atoms with Crippen LogP contribution in [0.3, 0.4) is 0 Å². The van der Waals surface area contributed by atoms with Gasteiger partial charge in [-0.05, 0) is 25.7 Å². The van der Waals surface area contributed by atoms with Crippen molar-refractivity contribution in [2.45, 2.75) is 56.3 Å². The second-order valence-corrected chi connectivity index (χ2v) is 6.69. The summed E-state index contributed by atoms with van der Waals surface area (Å²) in [6.07, 6.45) is 8.35. The van der Waals surface area contributed by atoms with Crippen molar-refractivity contribution in [1.82, 2.24) is 4.90 Å². The van der Waals surface area contributed by atoms with Crippen molar-refractivity contribution in [3.05, 3.63) is 0 Å². The summed E-state index contributed by atoms with van der Waals surface area (Å²) >= 11 is 3.60. The van der Waals surface area contributed by atoms with Crippen molar-refractivity contribution in [1.29, 1.82) is 0 Å². The van der Waals surface area contributed by atoms with E-state index >= 15 is 0 Å². The molecular formula is C14H24BrNO2. The molecule has 0 bridgehead atoms. The number of alkyl halides is 1. The second kappa shape index (κ2) is 5.78. The molecule has 1 aliphatic carbocycles. The first-order valence-corrected chi connectivity index (χ1v) is 8.49. The van der Waals surface area contributed by atoms with Crippen LogP contribution >= 0.6 is 15.9 Å². The van der Waals surface area contributed by atoms with Crippen molar-refractivity contribution in [3.63, 3.8) is 0 Å². The minimum Gasteiger partial charge on any atom is -0.378 e. The van der Waals surface area contributed by atoms with Crippen molar-refractivity contribution in [3.8, 4) is 0 Å². The Morgan fingerprint density at radius 2 is 2.06 bits per heavy atom. The van der Waals surface area contributed by atoms with E-state index in [1.165, 1.54) is 38.5 Å². The Balaban J connectivity index is 1.53. The van der Waals surface area contributed by atoms with Gasteiger partial charge in [0.15, 0.2) is 0 Å². The highest BCUT2D eigenvalue weighted by Gasteiger charge is 2.42. The quantitative estimate of drug-likeness (QED) is 0.747. The van der Waals surface area contributed by atoms with Crippen LogP contribution in [0.15, 0.2) is 0 Å². The van der Waals surface area contributed by atoms with E-state index in [2.05, 4.69) is 20.8 Å². The van der Waals surface area contributed by atoms with Crippen molar-refractivity contribution in [2.75, 3.05) is 31.6 Å². The zero-order valence-corrected chi connectivity index (χ0v) is 12.7. The van der Waals surface area contributed by atoms with Crippen LogP contribution in [0.4, 0.5) is 0 Å². The Bertz CT molecular complexity index is 281. The first-order valence-electron chi connectivity index (χ1n) is 7.37. The van der Waals surface area contributed by atoms with Crippen LogP contribution in [0.1, 0.15) is 38.5 Å². The van der Waals surface area contributed by atoms with Crippen LogP contribution in [-0.4, -0.2) is 54.3 Å². The Hall–Kier alpha value is 0.360. The number of nitrogens with zero attached hydrogens (tertiary/aromatic N) is 1. The zero-order valence-electron chi connectivity index (χ0n) is 11.1. The van der Waals surface area contributed by atoms with Crippen LogP contribution in [0.2, 0.25) is 0 Å². The molecule has 0 aromatic rings.